The fraction of sp³-hybridized carbons (Fsp3) is 0.833. The second-order valence-electron chi connectivity index (χ2n) is 4.39. The highest BCUT2D eigenvalue weighted by molar-refractivity contribution is 5.69. The SMILES string of the molecule is O=C1CCCCCO1.O=CC(O)C(O)C(O)C(O)CO. The number of carbonyl (C=O) groups excluding carboxylic acids is 2. The van der Waals surface area contributed by atoms with Gasteiger partial charge in [-0.05, 0) is 19.3 Å². The van der Waals surface area contributed by atoms with E-state index in [4.69, 9.17) is 30.3 Å². The summed E-state index contributed by atoms with van der Waals surface area (Å²) in [7, 11) is 0. The van der Waals surface area contributed by atoms with Crippen LogP contribution in [0.15, 0.2) is 0 Å². The highest BCUT2D eigenvalue weighted by atomic mass is 16.5. The van der Waals surface area contributed by atoms with Crippen molar-refractivity contribution in [2.45, 2.75) is 50.1 Å². The van der Waals surface area contributed by atoms with Gasteiger partial charge < -0.3 is 35.1 Å². The Morgan fingerprint density at radius 2 is 1.75 bits per heavy atom. The summed E-state index contributed by atoms with van der Waals surface area (Å²) in [5.74, 6) is -0.0255. The summed E-state index contributed by atoms with van der Waals surface area (Å²) in [4.78, 5) is 20.4. The van der Waals surface area contributed by atoms with E-state index in [1.54, 1.807) is 0 Å². The lowest BCUT2D eigenvalue weighted by atomic mass is 10.0. The zero-order valence-electron chi connectivity index (χ0n) is 11.1. The second-order valence-corrected chi connectivity index (χ2v) is 4.39. The van der Waals surface area contributed by atoms with Crippen molar-refractivity contribution >= 4 is 12.3 Å². The molecule has 4 unspecified atom stereocenters. The quantitative estimate of drug-likeness (QED) is 0.282. The molecule has 0 aromatic rings. The van der Waals surface area contributed by atoms with Crippen molar-refractivity contribution in [1.29, 1.82) is 0 Å². The Bertz CT molecular complexity index is 273. The molecule has 8 heteroatoms. The third-order valence-corrected chi connectivity index (χ3v) is 2.71. The molecule has 1 fully saturated rings. The Hall–Kier alpha value is -1.06. The first-order valence-electron chi connectivity index (χ1n) is 6.38. The van der Waals surface area contributed by atoms with Crippen LogP contribution in [0.25, 0.3) is 0 Å². The van der Waals surface area contributed by atoms with Crippen LogP contribution in [0.2, 0.25) is 0 Å². The van der Waals surface area contributed by atoms with E-state index in [-0.39, 0.29) is 12.3 Å². The predicted molar refractivity (Wildman–Crippen MR) is 66.6 cm³/mol. The van der Waals surface area contributed by atoms with Gasteiger partial charge in [0.2, 0.25) is 0 Å². The third-order valence-electron chi connectivity index (χ3n) is 2.71. The average Bonchev–Trinajstić information content (AvgIpc) is 2.72. The van der Waals surface area contributed by atoms with Gasteiger partial charge in [-0.15, -0.1) is 0 Å². The number of aliphatic hydroxyl groups excluding tert-OH is 5. The Morgan fingerprint density at radius 3 is 2.30 bits per heavy atom. The van der Waals surface area contributed by atoms with Crippen LogP contribution in [0.3, 0.4) is 0 Å². The fourth-order valence-electron chi connectivity index (χ4n) is 1.42. The predicted octanol–water partition coefficient (Wildman–Crippen LogP) is -2.28. The highest BCUT2D eigenvalue weighted by Crippen LogP contribution is 2.06. The molecular formula is C12H22O8. The molecule has 0 radical (unpaired) electrons. The third kappa shape index (κ3) is 7.51. The van der Waals surface area contributed by atoms with Crippen LogP contribution in [0, 0.1) is 0 Å². The summed E-state index contributed by atoms with van der Waals surface area (Å²) < 4.78 is 4.76. The van der Waals surface area contributed by atoms with Crippen LogP contribution >= 0.6 is 0 Å². The number of hydrogen-bond donors (Lipinski definition) is 5. The standard InChI is InChI=1S/C6H12O6.C6H10O2/c7-1-3(9)5(11)6(12)4(10)2-8;7-6-4-2-1-3-5-8-6/h1,3-6,8-12H,2H2;1-5H2. The Morgan fingerprint density at radius 1 is 1.10 bits per heavy atom. The van der Waals surface area contributed by atoms with E-state index < -0.39 is 31.0 Å². The van der Waals surface area contributed by atoms with Crippen LogP contribution < -0.4 is 0 Å². The van der Waals surface area contributed by atoms with E-state index in [0.717, 1.165) is 19.3 Å². The van der Waals surface area contributed by atoms with E-state index in [2.05, 4.69) is 0 Å². The van der Waals surface area contributed by atoms with Crippen molar-refractivity contribution in [3.8, 4) is 0 Å². The molecule has 1 heterocycles. The van der Waals surface area contributed by atoms with Gasteiger partial charge in [0.15, 0.2) is 6.29 Å². The van der Waals surface area contributed by atoms with Crippen LogP contribution in [-0.4, -0.2) is 75.4 Å². The monoisotopic (exact) mass is 294 g/mol. The minimum Gasteiger partial charge on any atom is -0.466 e. The van der Waals surface area contributed by atoms with E-state index in [1.807, 2.05) is 0 Å². The smallest absolute Gasteiger partial charge is 0.305 e. The molecule has 0 spiro atoms. The molecule has 1 rings (SSSR count). The lowest BCUT2D eigenvalue weighted by Crippen LogP contribution is -2.46. The maximum atomic E-state index is 10.5. The molecule has 0 aromatic carbocycles. The zero-order valence-corrected chi connectivity index (χ0v) is 11.1. The topological polar surface area (TPSA) is 145 Å². The molecule has 1 aliphatic rings. The Kier molecular flexibility index (Phi) is 10.1. The normalized spacial score (nSPS) is 21.4. The molecule has 0 saturated carbocycles. The molecule has 0 aromatic heterocycles. The van der Waals surface area contributed by atoms with Gasteiger partial charge in [0, 0.05) is 6.42 Å². The van der Waals surface area contributed by atoms with Crippen LogP contribution in [0.4, 0.5) is 0 Å². The lowest BCUT2D eigenvalue weighted by Gasteiger charge is -2.22. The minimum atomic E-state index is -1.79. The van der Waals surface area contributed by atoms with Crippen molar-refractivity contribution in [2.24, 2.45) is 0 Å². The summed E-state index contributed by atoms with van der Waals surface area (Å²) in [5.41, 5.74) is 0. The molecular weight excluding hydrogens is 272 g/mol. The first-order valence-corrected chi connectivity index (χ1v) is 6.38. The van der Waals surface area contributed by atoms with Crippen molar-refractivity contribution in [2.75, 3.05) is 13.2 Å². The molecule has 1 aliphatic heterocycles. The van der Waals surface area contributed by atoms with E-state index >= 15 is 0 Å². The van der Waals surface area contributed by atoms with Crippen molar-refractivity contribution in [1.82, 2.24) is 0 Å². The first kappa shape index (κ1) is 18.9. The number of rotatable bonds is 5. The van der Waals surface area contributed by atoms with E-state index in [0.29, 0.717) is 13.0 Å². The minimum absolute atomic E-state index is 0.0255. The fourth-order valence-corrected chi connectivity index (χ4v) is 1.42. The summed E-state index contributed by atoms with van der Waals surface area (Å²) >= 11 is 0. The largest absolute Gasteiger partial charge is 0.466 e. The van der Waals surface area contributed by atoms with Gasteiger partial charge in [0.1, 0.15) is 24.4 Å². The van der Waals surface area contributed by atoms with Gasteiger partial charge >= 0.3 is 5.97 Å². The molecule has 20 heavy (non-hydrogen) atoms. The van der Waals surface area contributed by atoms with Crippen molar-refractivity contribution in [3.05, 3.63) is 0 Å². The number of cyclic esters (lactones) is 1. The Balaban J connectivity index is 0.000000388. The number of aldehydes is 1. The van der Waals surface area contributed by atoms with Gasteiger partial charge in [0.05, 0.1) is 13.2 Å². The van der Waals surface area contributed by atoms with E-state index in [1.165, 1.54) is 0 Å². The number of esters is 1. The van der Waals surface area contributed by atoms with Gasteiger partial charge in [-0.25, -0.2) is 0 Å². The molecule has 1 saturated heterocycles. The molecule has 118 valence electrons. The molecule has 8 nitrogen and oxygen atoms in total. The molecule has 4 atom stereocenters. The van der Waals surface area contributed by atoms with Crippen molar-refractivity contribution in [3.63, 3.8) is 0 Å². The van der Waals surface area contributed by atoms with E-state index in [9.17, 15) is 9.59 Å². The summed E-state index contributed by atoms with van der Waals surface area (Å²) in [6.07, 6.45) is -3.01. The highest BCUT2D eigenvalue weighted by Gasteiger charge is 2.29. The first-order chi connectivity index (χ1) is 9.43. The summed E-state index contributed by atoms with van der Waals surface area (Å²) in [5, 5.41) is 43.5. The number of carbonyl (C=O) groups is 2. The lowest BCUT2D eigenvalue weighted by molar-refractivity contribution is -0.142. The van der Waals surface area contributed by atoms with Gasteiger partial charge in [0.25, 0.3) is 0 Å². The summed E-state index contributed by atoms with van der Waals surface area (Å²) in [6, 6.07) is 0. The number of ether oxygens (including phenoxy) is 1. The van der Waals surface area contributed by atoms with Crippen LogP contribution in [0.5, 0.6) is 0 Å². The van der Waals surface area contributed by atoms with Crippen LogP contribution in [0.1, 0.15) is 25.7 Å². The average molecular weight is 294 g/mol. The molecule has 0 amide bonds. The van der Waals surface area contributed by atoms with Gasteiger partial charge in [-0.3, -0.25) is 4.79 Å². The maximum absolute atomic E-state index is 10.5. The second kappa shape index (κ2) is 10.7. The van der Waals surface area contributed by atoms with Crippen molar-refractivity contribution < 1.29 is 39.9 Å². The maximum Gasteiger partial charge on any atom is 0.305 e. The van der Waals surface area contributed by atoms with Crippen LogP contribution in [-0.2, 0) is 14.3 Å². The number of hydrogen-bond acceptors (Lipinski definition) is 8. The molecule has 0 aliphatic carbocycles. The Labute approximate surface area is 116 Å². The van der Waals surface area contributed by atoms with Gasteiger partial charge in [-0.1, -0.05) is 0 Å². The summed E-state index contributed by atoms with van der Waals surface area (Å²) in [6.45, 7) is -0.122. The molecule has 5 N–H and O–H groups in total. The molecule has 0 bridgehead atoms. The number of aliphatic hydroxyl groups is 5. The van der Waals surface area contributed by atoms with Gasteiger partial charge in [-0.2, -0.15) is 0 Å². The zero-order chi connectivity index (χ0) is 15.5.